The van der Waals surface area contributed by atoms with Gasteiger partial charge in [0.15, 0.2) is 0 Å². The highest BCUT2D eigenvalue weighted by Crippen LogP contribution is 2.25. The number of carbonyl (C=O) groups is 1. The number of amides is 1. The average molecular weight is 233 g/mol. The maximum Gasteiger partial charge on any atom is 0.414 e. The first-order chi connectivity index (χ1) is 8.33. The highest BCUT2D eigenvalue weighted by molar-refractivity contribution is 5.90. The van der Waals surface area contributed by atoms with Crippen molar-refractivity contribution in [3.05, 3.63) is 30.3 Å². The molecule has 92 valence electrons. The SMILES string of the molecule is CCCCCC1COC(=O)N1c1ccccc1. The number of unbranched alkanes of at least 4 members (excludes halogenated alkanes) is 2. The van der Waals surface area contributed by atoms with Crippen LogP contribution in [0.4, 0.5) is 10.5 Å². The van der Waals surface area contributed by atoms with Crippen LogP contribution in [0.2, 0.25) is 0 Å². The molecule has 17 heavy (non-hydrogen) atoms. The topological polar surface area (TPSA) is 29.5 Å². The van der Waals surface area contributed by atoms with Crippen molar-refractivity contribution in [1.29, 1.82) is 0 Å². The third kappa shape index (κ3) is 2.78. The Kier molecular flexibility index (Phi) is 4.02. The zero-order chi connectivity index (χ0) is 12.1. The van der Waals surface area contributed by atoms with Crippen LogP contribution in [0, 0.1) is 0 Å². The first kappa shape index (κ1) is 12.0. The summed E-state index contributed by atoms with van der Waals surface area (Å²) in [7, 11) is 0. The normalized spacial score (nSPS) is 19.5. The number of carbonyl (C=O) groups excluding carboxylic acids is 1. The number of anilines is 1. The van der Waals surface area contributed by atoms with Gasteiger partial charge in [0.1, 0.15) is 6.61 Å². The molecule has 3 nitrogen and oxygen atoms in total. The number of benzene rings is 1. The standard InChI is InChI=1S/C14H19NO2/c1-2-3-5-10-13-11-17-14(16)15(13)12-8-6-4-7-9-12/h4,6-9,13H,2-3,5,10-11H2,1H3. The third-order valence-corrected chi connectivity index (χ3v) is 3.14. The highest BCUT2D eigenvalue weighted by Gasteiger charge is 2.33. The van der Waals surface area contributed by atoms with Crippen molar-refractivity contribution in [3.63, 3.8) is 0 Å². The van der Waals surface area contributed by atoms with Crippen LogP contribution >= 0.6 is 0 Å². The molecule has 1 saturated heterocycles. The lowest BCUT2D eigenvalue weighted by molar-refractivity contribution is 0.178. The van der Waals surface area contributed by atoms with Crippen molar-refractivity contribution < 1.29 is 9.53 Å². The summed E-state index contributed by atoms with van der Waals surface area (Å²) in [5, 5.41) is 0. The molecule has 1 aromatic rings. The number of rotatable bonds is 5. The van der Waals surface area contributed by atoms with Gasteiger partial charge in [0.05, 0.1) is 6.04 Å². The molecule has 1 aromatic carbocycles. The van der Waals surface area contributed by atoms with Crippen molar-refractivity contribution in [2.24, 2.45) is 0 Å². The van der Waals surface area contributed by atoms with Gasteiger partial charge in [0, 0.05) is 5.69 Å². The second kappa shape index (κ2) is 5.71. The van der Waals surface area contributed by atoms with E-state index in [1.54, 1.807) is 4.90 Å². The van der Waals surface area contributed by atoms with E-state index in [2.05, 4.69) is 6.92 Å². The summed E-state index contributed by atoms with van der Waals surface area (Å²) in [6.45, 7) is 2.71. The van der Waals surface area contributed by atoms with Crippen molar-refractivity contribution in [2.45, 2.75) is 38.6 Å². The number of nitrogens with zero attached hydrogens (tertiary/aromatic N) is 1. The molecule has 3 heteroatoms. The summed E-state index contributed by atoms with van der Waals surface area (Å²) in [6, 6.07) is 9.97. The Hall–Kier alpha value is -1.51. The van der Waals surface area contributed by atoms with Gasteiger partial charge in [0.25, 0.3) is 0 Å². The average Bonchev–Trinajstić information content (AvgIpc) is 2.72. The summed E-state index contributed by atoms with van der Waals surface area (Å²) in [4.78, 5) is 13.5. The first-order valence-corrected chi connectivity index (χ1v) is 6.34. The molecule has 1 fully saturated rings. The van der Waals surface area contributed by atoms with Gasteiger partial charge in [-0.15, -0.1) is 0 Å². The van der Waals surface area contributed by atoms with Gasteiger partial charge in [0.2, 0.25) is 0 Å². The van der Waals surface area contributed by atoms with Gasteiger partial charge in [-0.05, 0) is 18.6 Å². The lowest BCUT2D eigenvalue weighted by Crippen LogP contribution is -2.33. The minimum atomic E-state index is -0.210. The van der Waals surface area contributed by atoms with E-state index in [-0.39, 0.29) is 12.1 Å². The summed E-state index contributed by atoms with van der Waals surface area (Å²) in [6.07, 6.45) is 4.38. The third-order valence-electron chi connectivity index (χ3n) is 3.14. The number of hydrogen-bond donors (Lipinski definition) is 0. The molecule has 0 bridgehead atoms. The number of cyclic esters (lactones) is 1. The Morgan fingerprint density at radius 1 is 1.29 bits per heavy atom. The molecule has 0 aromatic heterocycles. The van der Waals surface area contributed by atoms with E-state index in [4.69, 9.17) is 4.74 Å². The molecule has 0 aliphatic carbocycles. The Bertz CT molecular complexity index is 364. The summed E-state index contributed by atoms with van der Waals surface area (Å²) >= 11 is 0. The zero-order valence-electron chi connectivity index (χ0n) is 10.3. The van der Waals surface area contributed by atoms with Crippen LogP contribution in [0.25, 0.3) is 0 Å². The van der Waals surface area contributed by atoms with E-state index in [9.17, 15) is 4.79 Å². The minimum Gasteiger partial charge on any atom is -0.447 e. The predicted octanol–water partition coefficient (Wildman–Crippen LogP) is 3.59. The monoisotopic (exact) mass is 233 g/mol. The minimum absolute atomic E-state index is 0.205. The Morgan fingerprint density at radius 3 is 2.76 bits per heavy atom. The zero-order valence-corrected chi connectivity index (χ0v) is 10.3. The van der Waals surface area contributed by atoms with Crippen LogP contribution in [0.1, 0.15) is 32.6 Å². The van der Waals surface area contributed by atoms with Gasteiger partial charge in [-0.25, -0.2) is 4.79 Å². The van der Waals surface area contributed by atoms with Gasteiger partial charge in [-0.2, -0.15) is 0 Å². The Labute approximate surface area is 102 Å². The molecular weight excluding hydrogens is 214 g/mol. The fourth-order valence-electron chi connectivity index (χ4n) is 2.21. The Morgan fingerprint density at radius 2 is 2.06 bits per heavy atom. The summed E-state index contributed by atoms with van der Waals surface area (Å²) in [5.41, 5.74) is 0.941. The largest absolute Gasteiger partial charge is 0.447 e. The summed E-state index contributed by atoms with van der Waals surface area (Å²) < 4.78 is 5.15. The lowest BCUT2D eigenvalue weighted by atomic mass is 10.1. The van der Waals surface area contributed by atoms with Crippen molar-refractivity contribution in [3.8, 4) is 0 Å². The molecule has 1 aliphatic rings. The second-order valence-electron chi connectivity index (χ2n) is 4.43. The van der Waals surface area contributed by atoms with Crippen molar-refractivity contribution >= 4 is 11.8 Å². The van der Waals surface area contributed by atoms with E-state index < -0.39 is 0 Å². The number of hydrogen-bond acceptors (Lipinski definition) is 2. The molecule has 2 rings (SSSR count). The number of para-hydroxylation sites is 1. The first-order valence-electron chi connectivity index (χ1n) is 6.34. The van der Waals surface area contributed by atoms with Gasteiger partial charge < -0.3 is 4.74 Å². The van der Waals surface area contributed by atoms with E-state index in [1.165, 1.54) is 12.8 Å². The van der Waals surface area contributed by atoms with E-state index in [0.29, 0.717) is 6.61 Å². The van der Waals surface area contributed by atoms with E-state index in [1.807, 2.05) is 30.3 Å². The number of ether oxygens (including phenoxy) is 1. The second-order valence-corrected chi connectivity index (χ2v) is 4.43. The summed E-state index contributed by atoms with van der Waals surface area (Å²) in [5.74, 6) is 0. The maximum absolute atomic E-state index is 11.7. The predicted molar refractivity (Wildman–Crippen MR) is 68.2 cm³/mol. The lowest BCUT2D eigenvalue weighted by Gasteiger charge is -2.21. The quantitative estimate of drug-likeness (QED) is 0.727. The fraction of sp³-hybridized carbons (Fsp3) is 0.500. The molecule has 1 amide bonds. The molecule has 0 spiro atoms. The van der Waals surface area contributed by atoms with Gasteiger partial charge in [-0.1, -0.05) is 44.4 Å². The van der Waals surface area contributed by atoms with Crippen LogP contribution < -0.4 is 4.90 Å². The van der Waals surface area contributed by atoms with Gasteiger partial charge in [-0.3, -0.25) is 4.90 Å². The molecule has 1 aliphatic heterocycles. The molecule has 0 saturated carbocycles. The molecule has 1 atom stereocenters. The van der Waals surface area contributed by atoms with Crippen LogP contribution in [-0.2, 0) is 4.74 Å². The van der Waals surface area contributed by atoms with Crippen LogP contribution in [0.3, 0.4) is 0 Å². The van der Waals surface area contributed by atoms with Crippen LogP contribution in [-0.4, -0.2) is 18.7 Å². The van der Waals surface area contributed by atoms with Crippen LogP contribution in [0.5, 0.6) is 0 Å². The van der Waals surface area contributed by atoms with Crippen LogP contribution in [0.15, 0.2) is 30.3 Å². The molecule has 0 N–H and O–H groups in total. The Balaban J connectivity index is 2.04. The van der Waals surface area contributed by atoms with Gasteiger partial charge >= 0.3 is 6.09 Å². The molecule has 0 radical (unpaired) electrons. The smallest absolute Gasteiger partial charge is 0.414 e. The molecular formula is C14H19NO2. The fourth-order valence-corrected chi connectivity index (χ4v) is 2.21. The van der Waals surface area contributed by atoms with Crippen molar-refractivity contribution in [2.75, 3.05) is 11.5 Å². The van der Waals surface area contributed by atoms with E-state index >= 15 is 0 Å². The van der Waals surface area contributed by atoms with Crippen molar-refractivity contribution in [1.82, 2.24) is 0 Å². The maximum atomic E-state index is 11.7. The van der Waals surface area contributed by atoms with E-state index in [0.717, 1.165) is 18.5 Å². The molecule has 1 heterocycles. The highest BCUT2D eigenvalue weighted by atomic mass is 16.6. The molecule has 1 unspecified atom stereocenters.